The van der Waals surface area contributed by atoms with Gasteiger partial charge in [0.15, 0.2) is 0 Å². The first-order chi connectivity index (χ1) is 8.54. The lowest BCUT2D eigenvalue weighted by molar-refractivity contribution is 0.0697. The van der Waals surface area contributed by atoms with Crippen LogP contribution in [0.15, 0.2) is 24.3 Å². The number of nitrogens with zero attached hydrogens (tertiary/aromatic N) is 1. The number of carbonyl (C=O) groups is 1. The second-order valence-corrected chi connectivity index (χ2v) is 4.56. The summed E-state index contributed by atoms with van der Waals surface area (Å²) in [4.78, 5) is 13.0. The summed E-state index contributed by atoms with van der Waals surface area (Å²) < 4.78 is 5.09. The van der Waals surface area contributed by atoms with Crippen molar-refractivity contribution in [1.29, 1.82) is 0 Å². The summed E-state index contributed by atoms with van der Waals surface area (Å²) in [6.45, 7) is 6.66. The Morgan fingerprint density at radius 3 is 2.39 bits per heavy atom. The van der Waals surface area contributed by atoms with Crippen LogP contribution in [0.2, 0.25) is 0 Å². The van der Waals surface area contributed by atoms with Crippen LogP contribution in [0.4, 0.5) is 0 Å². The molecule has 0 radical (unpaired) electrons. The van der Waals surface area contributed by atoms with Gasteiger partial charge < -0.3 is 9.84 Å². The van der Waals surface area contributed by atoms with E-state index >= 15 is 0 Å². The van der Waals surface area contributed by atoms with Crippen molar-refractivity contribution in [2.75, 3.05) is 20.3 Å². The number of aromatic carboxylic acids is 1. The molecule has 0 aliphatic rings. The Kier molecular flexibility index (Phi) is 5.82. The monoisotopic (exact) mass is 251 g/mol. The molecule has 1 aromatic carbocycles. The summed E-state index contributed by atoms with van der Waals surface area (Å²) in [6.07, 6.45) is 0. The van der Waals surface area contributed by atoms with Crippen LogP contribution >= 0.6 is 0 Å². The van der Waals surface area contributed by atoms with Gasteiger partial charge in [0.05, 0.1) is 12.2 Å². The number of carboxylic acids is 1. The molecule has 100 valence electrons. The van der Waals surface area contributed by atoms with E-state index in [2.05, 4.69) is 18.7 Å². The third-order valence-corrected chi connectivity index (χ3v) is 2.90. The van der Waals surface area contributed by atoms with Crippen LogP contribution in [0.1, 0.15) is 29.8 Å². The van der Waals surface area contributed by atoms with Gasteiger partial charge in [-0.3, -0.25) is 4.90 Å². The molecule has 18 heavy (non-hydrogen) atoms. The number of carboxylic acid groups (broad SMARTS) is 1. The van der Waals surface area contributed by atoms with E-state index in [0.717, 1.165) is 18.7 Å². The lowest BCUT2D eigenvalue weighted by Crippen LogP contribution is -2.33. The quantitative estimate of drug-likeness (QED) is 0.807. The zero-order valence-electron chi connectivity index (χ0n) is 11.2. The Balaban J connectivity index is 2.65. The fourth-order valence-corrected chi connectivity index (χ4v) is 1.72. The highest BCUT2D eigenvalue weighted by Crippen LogP contribution is 2.10. The summed E-state index contributed by atoms with van der Waals surface area (Å²) in [5.74, 6) is -0.887. The van der Waals surface area contributed by atoms with E-state index in [-0.39, 0.29) is 0 Å². The molecule has 0 saturated heterocycles. The number of methoxy groups -OCH3 is 1. The first kappa shape index (κ1) is 14.7. The van der Waals surface area contributed by atoms with Gasteiger partial charge >= 0.3 is 5.97 Å². The van der Waals surface area contributed by atoms with Gasteiger partial charge in [0.1, 0.15) is 0 Å². The topological polar surface area (TPSA) is 49.8 Å². The van der Waals surface area contributed by atoms with Gasteiger partial charge in [-0.2, -0.15) is 0 Å². The zero-order valence-corrected chi connectivity index (χ0v) is 11.2. The molecule has 0 bridgehead atoms. The van der Waals surface area contributed by atoms with Crippen LogP contribution < -0.4 is 0 Å². The second-order valence-electron chi connectivity index (χ2n) is 4.56. The van der Waals surface area contributed by atoms with Crippen LogP contribution in [-0.2, 0) is 11.3 Å². The van der Waals surface area contributed by atoms with E-state index in [1.54, 1.807) is 19.2 Å². The summed E-state index contributed by atoms with van der Waals surface area (Å²) in [6, 6.07) is 7.45. The lowest BCUT2D eigenvalue weighted by Gasteiger charge is -2.26. The van der Waals surface area contributed by atoms with Gasteiger partial charge in [0.2, 0.25) is 0 Å². The van der Waals surface area contributed by atoms with Gasteiger partial charge in [-0.15, -0.1) is 0 Å². The minimum atomic E-state index is -0.887. The van der Waals surface area contributed by atoms with Crippen molar-refractivity contribution in [2.45, 2.75) is 26.4 Å². The number of benzene rings is 1. The Morgan fingerprint density at radius 1 is 1.33 bits per heavy atom. The summed E-state index contributed by atoms with van der Waals surface area (Å²) in [7, 11) is 1.69. The maximum atomic E-state index is 10.8. The van der Waals surface area contributed by atoms with E-state index < -0.39 is 5.97 Å². The van der Waals surface area contributed by atoms with Gasteiger partial charge in [0, 0.05) is 26.2 Å². The van der Waals surface area contributed by atoms with Gasteiger partial charge in [-0.1, -0.05) is 12.1 Å². The lowest BCUT2D eigenvalue weighted by atomic mass is 10.1. The van der Waals surface area contributed by atoms with E-state index in [0.29, 0.717) is 18.2 Å². The SMILES string of the molecule is COCCN(Cc1ccc(C(=O)O)cc1)C(C)C. The van der Waals surface area contributed by atoms with E-state index in [4.69, 9.17) is 9.84 Å². The third kappa shape index (κ3) is 4.47. The third-order valence-electron chi connectivity index (χ3n) is 2.90. The largest absolute Gasteiger partial charge is 0.478 e. The van der Waals surface area contributed by atoms with Gasteiger partial charge in [0.25, 0.3) is 0 Å². The zero-order chi connectivity index (χ0) is 13.5. The Bertz CT molecular complexity index is 373. The average Bonchev–Trinajstić information content (AvgIpc) is 2.34. The molecule has 0 aromatic heterocycles. The van der Waals surface area contributed by atoms with E-state index in [9.17, 15) is 4.79 Å². The molecule has 0 heterocycles. The molecule has 0 amide bonds. The normalized spacial score (nSPS) is 11.2. The first-order valence-electron chi connectivity index (χ1n) is 6.09. The van der Waals surface area contributed by atoms with Crippen molar-refractivity contribution in [1.82, 2.24) is 4.90 Å². The number of rotatable bonds is 7. The molecule has 1 N–H and O–H groups in total. The standard InChI is InChI=1S/C14H21NO3/c1-11(2)15(8-9-18-3)10-12-4-6-13(7-5-12)14(16)17/h4-7,11H,8-10H2,1-3H3,(H,16,17). The predicted octanol–water partition coefficient (Wildman–Crippen LogP) is 2.24. The average molecular weight is 251 g/mol. The molecule has 0 unspecified atom stereocenters. The molecule has 0 aliphatic heterocycles. The minimum absolute atomic E-state index is 0.326. The maximum absolute atomic E-state index is 10.8. The fraction of sp³-hybridized carbons (Fsp3) is 0.500. The van der Waals surface area contributed by atoms with Crippen molar-refractivity contribution >= 4 is 5.97 Å². The molecule has 0 fully saturated rings. The summed E-state index contributed by atoms with van der Waals surface area (Å²) in [5.41, 5.74) is 1.44. The van der Waals surface area contributed by atoms with Crippen LogP contribution in [0.5, 0.6) is 0 Å². The van der Waals surface area contributed by atoms with Crippen LogP contribution in [-0.4, -0.2) is 42.3 Å². The number of ether oxygens (including phenoxy) is 1. The van der Waals surface area contributed by atoms with Crippen molar-refractivity contribution in [3.63, 3.8) is 0 Å². The highest BCUT2D eigenvalue weighted by atomic mass is 16.5. The van der Waals surface area contributed by atoms with Crippen LogP contribution in [0.3, 0.4) is 0 Å². The van der Waals surface area contributed by atoms with Crippen LogP contribution in [0, 0.1) is 0 Å². The molecule has 4 heteroatoms. The van der Waals surface area contributed by atoms with Crippen molar-refractivity contribution in [2.24, 2.45) is 0 Å². The predicted molar refractivity (Wildman–Crippen MR) is 70.8 cm³/mol. The molecule has 0 spiro atoms. The van der Waals surface area contributed by atoms with E-state index in [1.165, 1.54) is 0 Å². The van der Waals surface area contributed by atoms with Gasteiger partial charge in [-0.25, -0.2) is 4.79 Å². The van der Waals surface area contributed by atoms with Crippen molar-refractivity contribution < 1.29 is 14.6 Å². The Hall–Kier alpha value is -1.39. The second kappa shape index (κ2) is 7.13. The Morgan fingerprint density at radius 2 is 1.94 bits per heavy atom. The molecule has 0 aliphatic carbocycles. The molecule has 1 rings (SSSR count). The highest BCUT2D eigenvalue weighted by molar-refractivity contribution is 5.87. The van der Waals surface area contributed by atoms with Crippen molar-refractivity contribution in [3.8, 4) is 0 Å². The Labute approximate surface area is 108 Å². The highest BCUT2D eigenvalue weighted by Gasteiger charge is 2.10. The molecule has 0 saturated carbocycles. The molecule has 4 nitrogen and oxygen atoms in total. The molecular formula is C14H21NO3. The smallest absolute Gasteiger partial charge is 0.335 e. The molecule has 1 aromatic rings. The fourth-order valence-electron chi connectivity index (χ4n) is 1.72. The minimum Gasteiger partial charge on any atom is -0.478 e. The summed E-state index contributed by atoms with van der Waals surface area (Å²) >= 11 is 0. The number of hydrogen-bond donors (Lipinski definition) is 1. The maximum Gasteiger partial charge on any atom is 0.335 e. The molecule has 0 atom stereocenters. The van der Waals surface area contributed by atoms with Crippen LogP contribution in [0.25, 0.3) is 0 Å². The van der Waals surface area contributed by atoms with Crippen molar-refractivity contribution in [3.05, 3.63) is 35.4 Å². The van der Waals surface area contributed by atoms with E-state index in [1.807, 2.05) is 12.1 Å². The van der Waals surface area contributed by atoms with Gasteiger partial charge in [-0.05, 0) is 31.5 Å². The molecular weight excluding hydrogens is 230 g/mol. The first-order valence-corrected chi connectivity index (χ1v) is 6.09. The number of hydrogen-bond acceptors (Lipinski definition) is 3. The summed E-state index contributed by atoms with van der Waals surface area (Å²) in [5, 5.41) is 8.84.